The van der Waals surface area contributed by atoms with Gasteiger partial charge in [0, 0.05) is 17.8 Å². The largest absolute Gasteiger partial charge is 0.325 e. The fourth-order valence-corrected chi connectivity index (χ4v) is 3.50. The van der Waals surface area contributed by atoms with Crippen LogP contribution in [0.3, 0.4) is 0 Å². The van der Waals surface area contributed by atoms with E-state index < -0.39 is 0 Å². The van der Waals surface area contributed by atoms with Crippen LogP contribution in [-0.2, 0) is 11.3 Å². The molecule has 1 amide bonds. The number of para-hydroxylation sites is 1. The average Bonchev–Trinajstić information content (AvgIpc) is 2.69. The van der Waals surface area contributed by atoms with Crippen LogP contribution in [0.2, 0.25) is 0 Å². The first kappa shape index (κ1) is 19.6. The van der Waals surface area contributed by atoms with E-state index in [0.29, 0.717) is 33.9 Å². The lowest BCUT2D eigenvalue weighted by Gasteiger charge is -2.11. The molecular weight excluding hydrogens is 374 g/mol. The van der Waals surface area contributed by atoms with Crippen LogP contribution in [0.1, 0.15) is 17.3 Å². The molecule has 7 heteroatoms. The van der Waals surface area contributed by atoms with Crippen LogP contribution in [0.15, 0.2) is 71.1 Å². The maximum Gasteiger partial charge on any atom is 0.262 e. The summed E-state index contributed by atoms with van der Waals surface area (Å²) in [5.41, 5.74) is 1.50. The maximum atomic E-state index is 12.7. The number of Topliss-reactive ketones (excluding diaryl/α,β-unsaturated/α-hetero) is 1. The molecule has 0 aliphatic heterocycles. The minimum Gasteiger partial charge on any atom is -0.325 e. The van der Waals surface area contributed by atoms with Gasteiger partial charge < -0.3 is 5.32 Å². The van der Waals surface area contributed by atoms with Gasteiger partial charge in [0.2, 0.25) is 5.91 Å². The van der Waals surface area contributed by atoms with E-state index in [2.05, 4.69) is 16.9 Å². The lowest BCUT2D eigenvalue weighted by atomic mass is 10.1. The molecule has 0 aliphatic carbocycles. The highest BCUT2D eigenvalue weighted by molar-refractivity contribution is 7.99. The first-order valence-corrected chi connectivity index (χ1v) is 9.62. The van der Waals surface area contributed by atoms with Crippen LogP contribution in [0.4, 0.5) is 5.69 Å². The molecule has 0 spiro atoms. The fraction of sp³-hybridized carbons (Fsp3) is 0.143. The molecule has 2 aromatic carbocycles. The van der Waals surface area contributed by atoms with Gasteiger partial charge in [0.25, 0.3) is 5.56 Å². The van der Waals surface area contributed by atoms with Crippen molar-refractivity contribution in [2.45, 2.75) is 18.6 Å². The summed E-state index contributed by atoms with van der Waals surface area (Å²) in [6, 6.07) is 13.9. The molecule has 0 radical (unpaired) electrons. The molecule has 1 aromatic heterocycles. The molecule has 0 atom stereocenters. The van der Waals surface area contributed by atoms with Gasteiger partial charge >= 0.3 is 0 Å². The Kier molecular flexibility index (Phi) is 6.06. The predicted molar refractivity (Wildman–Crippen MR) is 112 cm³/mol. The Morgan fingerprint density at radius 1 is 1.21 bits per heavy atom. The number of anilines is 1. The van der Waals surface area contributed by atoms with Crippen LogP contribution < -0.4 is 10.9 Å². The molecule has 0 saturated carbocycles. The van der Waals surface area contributed by atoms with E-state index >= 15 is 0 Å². The summed E-state index contributed by atoms with van der Waals surface area (Å²) in [6.45, 7) is 5.47. The number of amides is 1. The lowest BCUT2D eigenvalue weighted by molar-refractivity contribution is -0.113. The van der Waals surface area contributed by atoms with Gasteiger partial charge in [0.15, 0.2) is 10.9 Å². The Bertz CT molecular complexity index is 1120. The summed E-state index contributed by atoms with van der Waals surface area (Å²) >= 11 is 1.18. The Labute approximate surface area is 166 Å². The number of carbonyl (C=O) groups excluding carboxylic acids is 2. The van der Waals surface area contributed by atoms with Crippen molar-refractivity contribution >= 4 is 40.0 Å². The van der Waals surface area contributed by atoms with E-state index in [1.807, 2.05) is 6.07 Å². The van der Waals surface area contributed by atoms with E-state index in [9.17, 15) is 14.4 Å². The summed E-state index contributed by atoms with van der Waals surface area (Å²) in [6.07, 6.45) is 1.62. The highest BCUT2D eigenvalue weighted by Crippen LogP contribution is 2.19. The van der Waals surface area contributed by atoms with Gasteiger partial charge in [-0.25, -0.2) is 4.98 Å². The monoisotopic (exact) mass is 393 g/mol. The third-order valence-corrected chi connectivity index (χ3v) is 5.00. The van der Waals surface area contributed by atoms with Gasteiger partial charge in [0.1, 0.15) is 0 Å². The molecule has 0 saturated heterocycles. The molecule has 6 nitrogen and oxygen atoms in total. The Balaban J connectivity index is 1.79. The van der Waals surface area contributed by atoms with Crippen molar-refractivity contribution < 1.29 is 9.59 Å². The smallest absolute Gasteiger partial charge is 0.262 e. The number of nitrogens with one attached hydrogen (secondary N) is 1. The molecule has 142 valence electrons. The van der Waals surface area contributed by atoms with Gasteiger partial charge in [-0.2, -0.15) is 0 Å². The third kappa shape index (κ3) is 4.37. The normalized spacial score (nSPS) is 10.6. The van der Waals surface area contributed by atoms with Crippen LogP contribution >= 0.6 is 11.8 Å². The second kappa shape index (κ2) is 8.67. The molecular formula is C21H19N3O3S. The topological polar surface area (TPSA) is 81.1 Å². The number of rotatable bonds is 7. The van der Waals surface area contributed by atoms with Crippen LogP contribution in [0.5, 0.6) is 0 Å². The van der Waals surface area contributed by atoms with Crippen molar-refractivity contribution in [3.63, 3.8) is 0 Å². The van der Waals surface area contributed by atoms with Crippen molar-refractivity contribution in [3.8, 4) is 0 Å². The highest BCUT2D eigenvalue weighted by Gasteiger charge is 2.13. The zero-order valence-corrected chi connectivity index (χ0v) is 16.2. The van der Waals surface area contributed by atoms with Gasteiger partial charge in [-0.3, -0.25) is 19.0 Å². The van der Waals surface area contributed by atoms with Crippen molar-refractivity contribution in [2.75, 3.05) is 11.1 Å². The van der Waals surface area contributed by atoms with E-state index in [-0.39, 0.29) is 23.0 Å². The van der Waals surface area contributed by atoms with Crippen molar-refractivity contribution in [1.29, 1.82) is 0 Å². The third-order valence-electron chi connectivity index (χ3n) is 4.02. The number of hydrogen-bond acceptors (Lipinski definition) is 5. The van der Waals surface area contributed by atoms with Crippen LogP contribution in [-0.4, -0.2) is 27.0 Å². The number of thioether (sulfide) groups is 1. The highest BCUT2D eigenvalue weighted by atomic mass is 32.2. The lowest BCUT2D eigenvalue weighted by Crippen LogP contribution is -2.23. The fourth-order valence-electron chi connectivity index (χ4n) is 2.69. The summed E-state index contributed by atoms with van der Waals surface area (Å²) < 4.78 is 1.50. The van der Waals surface area contributed by atoms with Crippen LogP contribution in [0, 0.1) is 0 Å². The molecule has 0 fully saturated rings. The molecule has 1 N–H and O–H groups in total. The number of allylic oxidation sites excluding steroid dienone is 1. The summed E-state index contributed by atoms with van der Waals surface area (Å²) in [4.78, 5) is 41.0. The Morgan fingerprint density at radius 2 is 2.00 bits per heavy atom. The molecule has 0 unspecified atom stereocenters. The van der Waals surface area contributed by atoms with Crippen molar-refractivity contribution in [3.05, 3.63) is 77.1 Å². The van der Waals surface area contributed by atoms with Gasteiger partial charge in [0.05, 0.1) is 16.7 Å². The van der Waals surface area contributed by atoms with E-state index in [1.165, 1.54) is 23.3 Å². The predicted octanol–water partition coefficient (Wildman–Crippen LogP) is 3.52. The molecule has 3 aromatic rings. The number of ketones is 1. The minimum absolute atomic E-state index is 0.0701. The second-order valence-corrected chi connectivity index (χ2v) is 7.03. The average molecular weight is 393 g/mol. The number of aromatic nitrogens is 2. The Hall–Kier alpha value is -3.19. The van der Waals surface area contributed by atoms with E-state index in [0.717, 1.165) is 0 Å². The number of nitrogens with zero attached hydrogens (tertiary/aromatic N) is 2. The zero-order chi connectivity index (χ0) is 20.1. The van der Waals surface area contributed by atoms with Crippen LogP contribution in [0.25, 0.3) is 10.9 Å². The minimum atomic E-state index is -0.252. The molecule has 0 aliphatic rings. The molecule has 28 heavy (non-hydrogen) atoms. The Morgan fingerprint density at radius 3 is 2.75 bits per heavy atom. The summed E-state index contributed by atoms with van der Waals surface area (Å²) in [5, 5.41) is 3.75. The number of fused-ring (bicyclic) bond motifs is 1. The molecule has 1 heterocycles. The van der Waals surface area contributed by atoms with Crippen molar-refractivity contribution in [1.82, 2.24) is 9.55 Å². The SMILES string of the molecule is C=CCn1c(SCC(=O)Nc2cccc(C(C)=O)c2)nc2ccccc2c1=O. The number of hydrogen-bond donors (Lipinski definition) is 1. The first-order chi connectivity index (χ1) is 13.5. The van der Waals surface area contributed by atoms with E-state index in [4.69, 9.17) is 0 Å². The number of carbonyl (C=O) groups is 2. The van der Waals surface area contributed by atoms with Gasteiger partial charge in [-0.1, -0.05) is 42.1 Å². The number of benzene rings is 2. The van der Waals surface area contributed by atoms with Gasteiger partial charge in [-0.15, -0.1) is 6.58 Å². The summed E-state index contributed by atoms with van der Waals surface area (Å²) in [7, 11) is 0. The first-order valence-electron chi connectivity index (χ1n) is 8.63. The second-order valence-electron chi connectivity index (χ2n) is 6.09. The van der Waals surface area contributed by atoms with Crippen molar-refractivity contribution in [2.24, 2.45) is 0 Å². The molecule has 3 rings (SSSR count). The van der Waals surface area contributed by atoms with Gasteiger partial charge in [-0.05, 0) is 31.2 Å². The zero-order valence-electron chi connectivity index (χ0n) is 15.3. The quantitative estimate of drug-likeness (QED) is 0.287. The standard InChI is InChI=1S/C21H19N3O3S/c1-3-11-24-20(27)17-9-4-5-10-18(17)23-21(24)28-13-19(26)22-16-8-6-7-15(12-16)14(2)25/h3-10,12H,1,11,13H2,2H3,(H,22,26). The summed E-state index contributed by atoms with van der Waals surface area (Å²) in [5.74, 6) is -0.246. The maximum absolute atomic E-state index is 12.7. The van der Waals surface area contributed by atoms with E-state index in [1.54, 1.807) is 48.5 Å². The molecule has 0 bridgehead atoms.